The van der Waals surface area contributed by atoms with Gasteiger partial charge in [0, 0.05) is 25.4 Å². The minimum absolute atomic E-state index is 0.162. The van der Waals surface area contributed by atoms with Crippen molar-refractivity contribution in [3.05, 3.63) is 58.3 Å². The summed E-state index contributed by atoms with van der Waals surface area (Å²) >= 11 is 1.42. The van der Waals surface area contributed by atoms with Gasteiger partial charge in [-0.1, -0.05) is 23.5 Å². The van der Waals surface area contributed by atoms with Gasteiger partial charge in [-0.05, 0) is 30.5 Å². The average Bonchev–Trinajstić information content (AvgIpc) is 3.07. The van der Waals surface area contributed by atoms with Gasteiger partial charge < -0.3 is 9.64 Å². The highest BCUT2D eigenvalue weighted by atomic mass is 32.1. The lowest BCUT2D eigenvalue weighted by atomic mass is 10.1. The first-order valence-electron chi connectivity index (χ1n) is 8.15. The molecule has 0 saturated carbocycles. The third-order valence-corrected chi connectivity index (χ3v) is 5.25. The van der Waals surface area contributed by atoms with E-state index >= 15 is 0 Å². The van der Waals surface area contributed by atoms with Crippen LogP contribution in [0.2, 0.25) is 0 Å². The van der Waals surface area contributed by atoms with E-state index in [1.165, 1.54) is 40.2 Å². The fraction of sp³-hybridized carbons (Fsp3) is 0.353. The molecule has 0 atom stereocenters. The van der Waals surface area contributed by atoms with E-state index in [1.54, 1.807) is 12.1 Å². The molecule has 6 nitrogen and oxygen atoms in total. The normalized spacial score (nSPS) is 15.8. The molecule has 0 amide bonds. The quantitative estimate of drug-likeness (QED) is 0.715. The lowest BCUT2D eigenvalue weighted by Gasteiger charge is -2.31. The Morgan fingerprint density at radius 1 is 1.20 bits per heavy atom. The highest BCUT2D eigenvalue weighted by molar-refractivity contribution is 7.20. The monoisotopic (exact) mass is 360 g/mol. The smallest absolute Gasteiger partial charge is 0.275 e. The molecule has 1 fully saturated rings. The molecule has 0 spiro atoms. The molecule has 25 heavy (non-hydrogen) atoms. The van der Waals surface area contributed by atoms with Gasteiger partial charge in [-0.3, -0.25) is 4.79 Å². The van der Waals surface area contributed by atoms with Gasteiger partial charge in [-0.25, -0.2) is 9.37 Å². The Balaban J connectivity index is 1.35. The molecule has 2 aromatic heterocycles. The number of hydrogen-bond acceptors (Lipinski definition) is 6. The van der Waals surface area contributed by atoms with Gasteiger partial charge in [0.15, 0.2) is 0 Å². The van der Waals surface area contributed by atoms with Crippen LogP contribution in [0.1, 0.15) is 18.4 Å². The second kappa shape index (κ2) is 6.89. The van der Waals surface area contributed by atoms with Crippen molar-refractivity contribution in [3.8, 4) is 0 Å². The van der Waals surface area contributed by atoms with E-state index in [1.807, 2.05) is 0 Å². The van der Waals surface area contributed by atoms with Crippen LogP contribution < -0.4 is 10.5 Å². The van der Waals surface area contributed by atoms with Gasteiger partial charge in [0.05, 0.1) is 12.7 Å². The molecule has 3 heterocycles. The summed E-state index contributed by atoms with van der Waals surface area (Å²) in [4.78, 5) is 18.7. The average molecular weight is 360 g/mol. The molecule has 130 valence electrons. The summed E-state index contributed by atoms with van der Waals surface area (Å²) in [6, 6.07) is 7.80. The van der Waals surface area contributed by atoms with Crippen LogP contribution in [0.5, 0.6) is 0 Å². The number of piperidine rings is 1. The van der Waals surface area contributed by atoms with E-state index < -0.39 is 0 Å². The lowest BCUT2D eigenvalue weighted by Crippen LogP contribution is -2.37. The summed E-state index contributed by atoms with van der Waals surface area (Å²) in [5.74, 6) is -0.235. The first kappa shape index (κ1) is 16.2. The van der Waals surface area contributed by atoms with Crippen molar-refractivity contribution >= 4 is 21.4 Å². The number of fused-ring (bicyclic) bond motifs is 1. The molecule has 1 aromatic carbocycles. The van der Waals surface area contributed by atoms with Crippen LogP contribution in [0, 0.1) is 5.82 Å². The van der Waals surface area contributed by atoms with Gasteiger partial charge in [-0.2, -0.15) is 4.52 Å². The number of ether oxygens (including phenoxy) is 1. The summed E-state index contributed by atoms with van der Waals surface area (Å²) in [5.41, 5.74) is 0.811. The second-order valence-corrected chi connectivity index (χ2v) is 6.92. The molecule has 3 aromatic rings. The van der Waals surface area contributed by atoms with Gasteiger partial charge in [0.1, 0.15) is 5.82 Å². The Kier molecular flexibility index (Phi) is 4.46. The van der Waals surface area contributed by atoms with Gasteiger partial charge >= 0.3 is 0 Å². The number of nitrogens with zero attached hydrogens (tertiary/aromatic N) is 4. The molecule has 0 aliphatic carbocycles. The molecular formula is C17H17FN4O2S. The van der Waals surface area contributed by atoms with Crippen LogP contribution >= 0.6 is 11.3 Å². The molecular weight excluding hydrogens is 343 g/mol. The van der Waals surface area contributed by atoms with Crippen molar-refractivity contribution in [2.45, 2.75) is 25.6 Å². The maximum absolute atomic E-state index is 12.9. The Morgan fingerprint density at radius 2 is 1.96 bits per heavy atom. The minimum atomic E-state index is -0.235. The molecule has 1 saturated heterocycles. The zero-order valence-electron chi connectivity index (χ0n) is 13.5. The van der Waals surface area contributed by atoms with E-state index in [4.69, 9.17) is 4.74 Å². The summed E-state index contributed by atoms with van der Waals surface area (Å²) in [5, 5.41) is 5.19. The van der Waals surface area contributed by atoms with Gasteiger partial charge in [0.25, 0.3) is 5.56 Å². The Bertz CT molecular complexity index is 916. The van der Waals surface area contributed by atoms with Gasteiger partial charge in [-0.15, -0.1) is 5.10 Å². The molecule has 4 rings (SSSR count). The molecule has 0 bridgehead atoms. The first-order valence-corrected chi connectivity index (χ1v) is 8.96. The van der Waals surface area contributed by atoms with E-state index in [0.717, 1.165) is 36.6 Å². The zero-order valence-corrected chi connectivity index (χ0v) is 14.3. The summed E-state index contributed by atoms with van der Waals surface area (Å²) in [7, 11) is 0. The molecule has 1 aliphatic heterocycles. The van der Waals surface area contributed by atoms with Crippen LogP contribution in [0.4, 0.5) is 9.52 Å². The largest absolute Gasteiger partial charge is 0.373 e. The fourth-order valence-corrected chi connectivity index (χ4v) is 3.80. The highest BCUT2D eigenvalue weighted by Crippen LogP contribution is 2.25. The third-order valence-electron chi connectivity index (χ3n) is 4.27. The van der Waals surface area contributed by atoms with E-state index in [9.17, 15) is 9.18 Å². The maximum atomic E-state index is 12.9. The van der Waals surface area contributed by atoms with Crippen LogP contribution in [-0.4, -0.2) is 33.8 Å². The van der Waals surface area contributed by atoms with Crippen molar-refractivity contribution in [3.63, 3.8) is 0 Å². The number of benzene rings is 1. The predicted octanol–water partition coefficient (Wildman–Crippen LogP) is 2.48. The van der Waals surface area contributed by atoms with Crippen LogP contribution in [-0.2, 0) is 11.3 Å². The van der Waals surface area contributed by atoms with E-state index in [2.05, 4.69) is 15.0 Å². The predicted molar refractivity (Wildman–Crippen MR) is 93.6 cm³/mol. The zero-order chi connectivity index (χ0) is 17.2. The minimum Gasteiger partial charge on any atom is -0.373 e. The molecule has 0 N–H and O–H groups in total. The Morgan fingerprint density at radius 3 is 2.68 bits per heavy atom. The molecule has 1 aliphatic rings. The lowest BCUT2D eigenvalue weighted by molar-refractivity contribution is 0.0251. The van der Waals surface area contributed by atoms with Crippen LogP contribution in [0.15, 0.2) is 41.3 Å². The molecule has 0 radical (unpaired) electrons. The molecule has 0 unspecified atom stereocenters. The van der Waals surface area contributed by atoms with Crippen LogP contribution in [0.3, 0.4) is 0 Å². The summed E-state index contributed by atoms with van der Waals surface area (Å²) < 4.78 is 20.2. The number of aromatic nitrogens is 3. The van der Waals surface area contributed by atoms with Crippen molar-refractivity contribution in [1.82, 2.24) is 14.6 Å². The number of halogens is 1. The summed E-state index contributed by atoms with van der Waals surface area (Å²) in [6.07, 6.45) is 3.46. The standard InChI is InChI=1S/C17H17FN4O2S/c18-13-3-1-12(2-4-13)11-24-14-6-9-21(10-7-14)17-20-22-15(23)5-8-19-16(22)25-17/h1-5,8,14H,6-7,9-11H2. The Hall–Kier alpha value is -2.32. The summed E-state index contributed by atoms with van der Waals surface area (Å²) in [6.45, 7) is 2.14. The fourth-order valence-electron chi connectivity index (χ4n) is 2.87. The Labute approximate surface area is 147 Å². The van der Waals surface area contributed by atoms with Crippen molar-refractivity contribution in [2.24, 2.45) is 0 Å². The van der Waals surface area contributed by atoms with Gasteiger partial charge in [0.2, 0.25) is 10.1 Å². The SMILES string of the molecule is O=c1ccnc2sc(N3CCC(OCc4ccc(F)cc4)CC3)nn12. The second-order valence-electron chi connectivity index (χ2n) is 5.99. The van der Waals surface area contributed by atoms with E-state index in [-0.39, 0.29) is 17.5 Å². The molecule has 8 heteroatoms. The van der Waals surface area contributed by atoms with Crippen molar-refractivity contribution in [1.29, 1.82) is 0 Å². The highest BCUT2D eigenvalue weighted by Gasteiger charge is 2.22. The number of rotatable bonds is 4. The third kappa shape index (κ3) is 3.54. The first-order chi connectivity index (χ1) is 12.2. The number of anilines is 1. The van der Waals surface area contributed by atoms with Crippen molar-refractivity contribution in [2.75, 3.05) is 18.0 Å². The topological polar surface area (TPSA) is 59.7 Å². The maximum Gasteiger partial charge on any atom is 0.275 e. The van der Waals surface area contributed by atoms with Crippen molar-refractivity contribution < 1.29 is 9.13 Å². The van der Waals surface area contributed by atoms with Crippen LogP contribution in [0.25, 0.3) is 4.96 Å². The van der Waals surface area contributed by atoms with E-state index in [0.29, 0.717) is 11.6 Å². The number of hydrogen-bond donors (Lipinski definition) is 0.